The number of aliphatic carboxylic acids is 1. The predicted octanol–water partition coefficient (Wildman–Crippen LogP) is 1.99. The summed E-state index contributed by atoms with van der Waals surface area (Å²) in [7, 11) is 0. The van der Waals surface area contributed by atoms with Gasteiger partial charge in [0.05, 0.1) is 0 Å². The maximum Gasteiger partial charge on any atom is 0.303 e. The summed E-state index contributed by atoms with van der Waals surface area (Å²) >= 11 is 0. The van der Waals surface area contributed by atoms with Crippen molar-refractivity contribution in [2.75, 3.05) is 0 Å². The van der Waals surface area contributed by atoms with Gasteiger partial charge in [-0.2, -0.15) is 4.98 Å². The van der Waals surface area contributed by atoms with E-state index < -0.39 is 5.97 Å². The molecule has 88 valence electrons. The maximum atomic E-state index is 10.5. The lowest BCUT2D eigenvalue weighted by atomic mass is 9.85. The molecule has 0 radical (unpaired) electrons. The lowest BCUT2D eigenvalue weighted by Gasteiger charge is -2.20. The zero-order valence-electron chi connectivity index (χ0n) is 9.35. The SMILES string of the molecule is CC(CC(=O)O)Cc1nc(C2CCC2)no1. The molecule has 0 spiro atoms. The average Bonchev–Trinajstić information content (AvgIpc) is 2.47. The zero-order valence-corrected chi connectivity index (χ0v) is 9.35. The fourth-order valence-electron chi connectivity index (χ4n) is 1.85. The number of aromatic nitrogens is 2. The van der Waals surface area contributed by atoms with Gasteiger partial charge < -0.3 is 9.63 Å². The van der Waals surface area contributed by atoms with Crippen LogP contribution in [-0.4, -0.2) is 21.2 Å². The van der Waals surface area contributed by atoms with Crippen LogP contribution in [0, 0.1) is 5.92 Å². The molecule has 0 aromatic carbocycles. The molecule has 1 aliphatic carbocycles. The maximum absolute atomic E-state index is 10.5. The van der Waals surface area contributed by atoms with Crippen molar-refractivity contribution in [1.82, 2.24) is 10.1 Å². The van der Waals surface area contributed by atoms with Crippen LogP contribution in [0.25, 0.3) is 0 Å². The number of hydrogen-bond donors (Lipinski definition) is 1. The Balaban J connectivity index is 1.89. The fourth-order valence-corrected chi connectivity index (χ4v) is 1.85. The Labute approximate surface area is 93.9 Å². The van der Waals surface area contributed by atoms with E-state index in [4.69, 9.17) is 9.63 Å². The molecule has 0 bridgehead atoms. The summed E-state index contributed by atoms with van der Waals surface area (Å²) in [6, 6.07) is 0. The van der Waals surface area contributed by atoms with Crippen LogP contribution in [0.2, 0.25) is 0 Å². The van der Waals surface area contributed by atoms with Crippen molar-refractivity contribution in [3.05, 3.63) is 11.7 Å². The first-order chi connectivity index (χ1) is 7.65. The van der Waals surface area contributed by atoms with Crippen molar-refractivity contribution in [3.63, 3.8) is 0 Å². The molecular formula is C11H16N2O3. The van der Waals surface area contributed by atoms with Crippen molar-refractivity contribution in [3.8, 4) is 0 Å². The molecule has 1 aliphatic rings. The lowest BCUT2D eigenvalue weighted by molar-refractivity contribution is -0.137. The molecule has 1 heterocycles. The molecule has 1 N–H and O–H groups in total. The van der Waals surface area contributed by atoms with Crippen LogP contribution in [-0.2, 0) is 11.2 Å². The van der Waals surface area contributed by atoms with Crippen LogP contribution in [0.5, 0.6) is 0 Å². The first-order valence-corrected chi connectivity index (χ1v) is 5.69. The molecule has 0 aliphatic heterocycles. The van der Waals surface area contributed by atoms with Crippen LogP contribution in [0.4, 0.5) is 0 Å². The standard InChI is InChI=1S/C11H16N2O3/c1-7(6-10(14)15)5-9-12-11(13-16-9)8-3-2-4-8/h7-8H,2-6H2,1H3,(H,14,15). The van der Waals surface area contributed by atoms with Gasteiger partial charge in [-0.25, -0.2) is 0 Å². The largest absolute Gasteiger partial charge is 0.481 e. The van der Waals surface area contributed by atoms with Crippen LogP contribution in [0.3, 0.4) is 0 Å². The topological polar surface area (TPSA) is 76.2 Å². The van der Waals surface area contributed by atoms with Gasteiger partial charge in [0.15, 0.2) is 5.82 Å². The van der Waals surface area contributed by atoms with Crippen molar-refractivity contribution >= 4 is 5.97 Å². The number of carboxylic acids is 1. The lowest BCUT2D eigenvalue weighted by Crippen LogP contribution is -2.11. The summed E-state index contributed by atoms with van der Waals surface area (Å²) in [6.07, 6.45) is 4.21. The van der Waals surface area contributed by atoms with E-state index in [1.165, 1.54) is 6.42 Å². The summed E-state index contributed by atoms with van der Waals surface area (Å²) in [4.78, 5) is 14.8. The second kappa shape index (κ2) is 4.63. The van der Waals surface area contributed by atoms with Gasteiger partial charge in [-0.3, -0.25) is 4.79 Å². The molecule has 0 amide bonds. The second-order valence-electron chi connectivity index (χ2n) is 4.58. The highest BCUT2D eigenvalue weighted by Crippen LogP contribution is 2.34. The van der Waals surface area contributed by atoms with Gasteiger partial charge in [-0.1, -0.05) is 18.5 Å². The number of carboxylic acid groups (broad SMARTS) is 1. The van der Waals surface area contributed by atoms with Gasteiger partial charge in [0, 0.05) is 18.8 Å². The first kappa shape index (κ1) is 11.1. The molecule has 16 heavy (non-hydrogen) atoms. The van der Waals surface area contributed by atoms with Crippen molar-refractivity contribution in [2.45, 2.75) is 44.9 Å². The van der Waals surface area contributed by atoms with E-state index >= 15 is 0 Å². The normalized spacial score (nSPS) is 18.1. The number of rotatable bonds is 5. The smallest absolute Gasteiger partial charge is 0.303 e. The quantitative estimate of drug-likeness (QED) is 0.827. The molecular weight excluding hydrogens is 208 g/mol. The Morgan fingerprint density at radius 1 is 1.62 bits per heavy atom. The van der Waals surface area contributed by atoms with Crippen molar-refractivity contribution in [1.29, 1.82) is 0 Å². The number of nitrogens with zero attached hydrogens (tertiary/aromatic N) is 2. The number of carbonyl (C=O) groups is 1. The highest BCUT2D eigenvalue weighted by atomic mass is 16.5. The minimum Gasteiger partial charge on any atom is -0.481 e. The van der Waals surface area contributed by atoms with E-state index in [0.717, 1.165) is 18.7 Å². The Kier molecular flexibility index (Phi) is 3.22. The monoisotopic (exact) mass is 224 g/mol. The third-order valence-electron chi connectivity index (χ3n) is 3.00. The van der Waals surface area contributed by atoms with Gasteiger partial charge in [0.1, 0.15) is 0 Å². The summed E-state index contributed by atoms with van der Waals surface area (Å²) in [5, 5.41) is 12.6. The van der Waals surface area contributed by atoms with E-state index in [-0.39, 0.29) is 12.3 Å². The molecule has 1 aromatic heterocycles. The fraction of sp³-hybridized carbons (Fsp3) is 0.727. The predicted molar refractivity (Wildman–Crippen MR) is 56.0 cm³/mol. The molecule has 1 saturated carbocycles. The minimum absolute atomic E-state index is 0.0344. The molecule has 1 atom stereocenters. The summed E-state index contributed by atoms with van der Waals surface area (Å²) < 4.78 is 5.12. The second-order valence-corrected chi connectivity index (χ2v) is 4.58. The third-order valence-corrected chi connectivity index (χ3v) is 3.00. The first-order valence-electron chi connectivity index (χ1n) is 5.69. The molecule has 5 heteroatoms. The Hall–Kier alpha value is -1.39. The van der Waals surface area contributed by atoms with E-state index in [0.29, 0.717) is 18.2 Å². The minimum atomic E-state index is -0.786. The molecule has 0 saturated heterocycles. The van der Waals surface area contributed by atoms with Crippen LogP contribution in [0.15, 0.2) is 4.52 Å². The van der Waals surface area contributed by atoms with E-state index in [1.807, 2.05) is 6.92 Å². The van der Waals surface area contributed by atoms with E-state index in [1.54, 1.807) is 0 Å². The Morgan fingerprint density at radius 2 is 2.38 bits per heavy atom. The van der Waals surface area contributed by atoms with Gasteiger partial charge in [-0.05, 0) is 18.8 Å². The van der Waals surface area contributed by atoms with Crippen molar-refractivity contribution < 1.29 is 14.4 Å². The summed E-state index contributed by atoms with van der Waals surface area (Å²) in [5.74, 6) is 1.07. The number of hydrogen-bond acceptors (Lipinski definition) is 4. The van der Waals surface area contributed by atoms with E-state index in [9.17, 15) is 4.79 Å². The Morgan fingerprint density at radius 3 is 2.94 bits per heavy atom. The summed E-state index contributed by atoms with van der Waals surface area (Å²) in [5.41, 5.74) is 0. The molecule has 1 fully saturated rings. The third kappa shape index (κ3) is 2.59. The van der Waals surface area contributed by atoms with Crippen LogP contribution < -0.4 is 0 Å². The molecule has 1 aromatic rings. The van der Waals surface area contributed by atoms with Crippen LogP contribution in [0.1, 0.15) is 50.2 Å². The van der Waals surface area contributed by atoms with Gasteiger partial charge >= 0.3 is 5.97 Å². The van der Waals surface area contributed by atoms with Gasteiger partial charge in [-0.15, -0.1) is 0 Å². The molecule has 5 nitrogen and oxygen atoms in total. The van der Waals surface area contributed by atoms with Gasteiger partial charge in [0.2, 0.25) is 5.89 Å². The molecule has 2 rings (SSSR count). The van der Waals surface area contributed by atoms with E-state index in [2.05, 4.69) is 10.1 Å². The highest BCUT2D eigenvalue weighted by Gasteiger charge is 2.25. The zero-order chi connectivity index (χ0) is 11.5. The van der Waals surface area contributed by atoms with Crippen LogP contribution >= 0.6 is 0 Å². The highest BCUT2D eigenvalue weighted by molar-refractivity contribution is 5.66. The van der Waals surface area contributed by atoms with Crippen molar-refractivity contribution in [2.24, 2.45) is 5.92 Å². The average molecular weight is 224 g/mol. The summed E-state index contributed by atoms with van der Waals surface area (Å²) in [6.45, 7) is 1.88. The molecule has 1 unspecified atom stereocenters. The van der Waals surface area contributed by atoms with Gasteiger partial charge in [0.25, 0.3) is 0 Å². The Bertz CT molecular complexity index is 371.